The van der Waals surface area contributed by atoms with E-state index < -0.39 is 24.1 Å². The molecule has 0 radical (unpaired) electrons. The number of halogens is 1. The van der Waals surface area contributed by atoms with Crippen molar-refractivity contribution in [1.29, 1.82) is 0 Å². The fourth-order valence-corrected chi connectivity index (χ4v) is 4.01. The van der Waals surface area contributed by atoms with Crippen molar-refractivity contribution >= 4 is 33.9 Å². The Bertz CT molecular complexity index is 921. The summed E-state index contributed by atoms with van der Waals surface area (Å²) >= 11 is 3.40. The van der Waals surface area contributed by atoms with Crippen LogP contribution >= 0.6 is 15.9 Å². The maximum atomic E-state index is 12.9. The molecule has 1 fully saturated rings. The van der Waals surface area contributed by atoms with Crippen LogP contribution < -0.4 is 5.32 Å². The lowest BCUT2D eigenvalue weighted by molar-refractivity contribution is -0.145. The molecule has 2 aromatic carbocycles. The van der Waals surface area contributed by atoms with Gasteiger partial charge in [0, 0.05) is 17.4 Å². The van der Waals surface area contributed by atoms with Crippen LogP contribution in [0, 0.1) is 0 Å². The molecule has 8 heteroatoms. The maximum Gasteiger partial charge on any atom is 0.410 e. The van der Waals surface area contributed by atoms with Crippen LogP contribution in [0.25, 0.3) is 0 Å². The summed E-state index contributed by atoms with van der Waals surface area (Å²) in [5.74, 6) is -0.927. The monoisotopic (exact) mass is 488 g/mol. The molecule has 1 saturated heterocycles. The Hall–Kier alpha value is -2.87. The van der Waals surface area contributed by atoms with E-state index in [-0.39, 0.29) is 18.9 Å². The van der Waals surface area contributed by atoms with Gasteiger partial charge in [-0.2, -0.15) is 0 Å². The highest BCUT2D eigenvalue weighted by Crippen LogP contribution is 2.20. The van der Waals surface area contributed by atoms with E-state index in [9.17, 15) is 14.4 Å². The van der Waals surface area contributed by atoms with Gasteiger partial charge >= 0.3 is 12.1 Å². The van der Waals surface area contributed by atoms with Gasteiger partial charge in [-0.05, 0) is 36.1 Å². The SMILES string of the molecule is COC(=O)[C@H](Cc1cccc(Br)c1)NC(=O)[C@H]1CCCN1C(=O)OCc1ccccc1. The summed E-state index contributed by atoms with van der Waals surface area (Å²) in [6.45, 7) is 0.568. The molecular formula is C23H25BrN2O5. The molecule has 0 spiro atoms. The van der Waals surface area contributed by atoms with Crippen LogP contribution in [0.3, 0.4) is 0 Å². The van der Waals surface area contributed by atoms with E-state index in [1.54, 1.807) is 0 Å². The normalized spacial score (nSPS) is 16.5. The van der Waals surface area contributed by atoms with Gasteiger partial charge in [-0.3, -0.25) is 9.69 Å². The Morgan fingerprint density at radius 1 is 1.13 bits per heavy atom. The summed E-state index contributed by atoms with van der Waals surface area (Å²) in [5.41, 5.74) is 1.74. The van der Waals surface area contributed by atoms with Crippen molar-refractivity contribution in [3.8, 4) is 0 Å². The zero-order valence-corrected chi connectivity index (χ0v) is 18.8. The number of ether oxygens (including phenoxy) is 2. The standard InChI is InChI=1S/C23H25BrN2O5/c1-30-22(28)19(14-17-9-5-10-18(24)13-17)25-21(27)20-11-6-12-26(20)23(29)31-15-16-7-3-2-4-8-16/h2-5,7-10,13,19-20H,6,11-12,14-15H2,1H3,(H,25,27)/t19-,20+/m0/s1. The summed E-state index contributed by atoms with van der Waals surface area (Å²) in [6, 6.07) is 15.3. The minimum absolute atomic E-state index is 0.137. The Balaban J connectivity index is 1.63. The zero-order valence-electron chi connectivity index (χ0n) is 17.3. The number of carbonyl (C=O) groups excluding carboxylic acids is 3. The largest absolute Gasteiger partial charge is 0.467 e. The van der Waals surface area contributed by atoms with Gasteiger partial charge in [-0.25, -0.2) is 9.59 Å². The highest BCUT2D eigenvalue weighted by Gasteiger charge is 2.37. The predicted molar refractivity (Wildman–Crippen MR) is 118 cm³/mol. The molecule has 1 N–H and O–H groups in total. The summed E-state index contributed by atoms with van der Waals surface area (Å²) in [7, 11) is 1.28. The van der Waals surface area contributed by atoms with Crippen LogP contribution in [0.4, 0.5) is 4.79 Å². The van der Waals surface area contributed by atoms with Crippen molar-refractivity contribution in [3.63, 3.8) is 0 Å². The van der Waals surface area contributed by atoms with Gasteiger partial charge in [-0.15, -0.1) is 0 Å². The molecule has 2 amide bonds. The van der Waals surface area contributed by atoms with Gasteiger partial charge in [0.2, 0.25) is 5.91 Å². The molecule has 7 nitrogen and oxygen atoms in total. The van der Waals surface area contributed by atoms with Gasteiger partial charge in [-0.1, -0.05) is 58.4 Å². The van der Waals surface area contributed by atoms with Crippen LogP contribution in [0.15, 0.2) is 59.1 Å². The molecule has 1 aliphatic rings. The van der Waals surface area contributed by atoms with E-state index in [4.69, 9.17) is 9.47 Å². The van der Waals surface area contributed by atoms with Crippen LogP contribution in [0.5, 0.6) is 0 Å². The van der Waals surface area contributed by atoms with E-state index in [1.165, 1.54) is 12.0 Å². The number of esters is 1. The van der Waals surface area contributed by atoms with Crippen molar-refractivity contribution in [2.24, 2.45) is 0 Å². The predicted octanol–water partition coefficient (Wildman–Crippen LogP) is 3.45. The van der Waals surface area contributed by atoms with Crippen molar-refractivity contribution < 1.29 is 23.9 Å². The second-order valence-electron chi connectivity index (χ2n) is 7.31. The Kier molecular flexibility index (Phi) is 8.06. The van der Waals surface area contributed by atoms with Crippen molar-refractivity contribution in [2.75, 3.05) is 13.7 Å². The van der Waals surface area contributed by atoms with Gasteiger partial charge in [0.05, 0.1) is 7.11 Å². The molecule has 1 aliphatic heterocycles. The third kappa shape index (κ3) is 6.30. The van der Waals surface area contributed by atoms with Crippen molar-refractivity contribution in [2.45, 2.75) is 38.0 Å². The third-order valence-electron chi connectivity index (χ3n) is 5.13. The summed E-state index contributed by atoms with van der Waals surface area (Å²) in [5, 5.41) is 2.76. The molecule has 2 atom stereocenters. The first kappa shape index (κ1) is 22.8. The molecule has 0 aliphatic carbocycles. The van der Waals surface area contributed by atoms with E-state index in [0.29, 0.717) is 19.4 Å². The van der Waals surface area contributed by atoms with Crippen LogP contribution in [0.2, 0.25) is 0 Å². The smallest absolute Gasteiger partial charge is 0.410 e. The van der Waals surface area contributed by atoms with Crippen LogP contribution in [-0.2, 0) is 32.1 Å². The van der Waals surface area contributed by atoms with Crippen molar-refractivity contribution in [1.82, 2.24) is 10.2 Å². The number of likely N-dealkylation sites (tertiary alicyclic amines) is 1. The molecular weight excluding hydrogens is 464 g/mol. The number of benzene rings is 2. The minimum Gasteiger partial charge on any atom is -0.467 e. The lowest BCUT2D eigenvalue weighted by atomic mass is 10.1. The number of carbonyl (C=O) groups is 3. The molecule has 164 valence electrons. The highest BCUT2D eigenvalue weighted by molar-refractivity contribution is 9.10. The Morgan fingerprint density at radius 2 is 1.87 bits per heavy atom. The van der Waals surface area contributed by atoms with Gasteiger partial charge in [0.1, 0.15) is 18.7 Å². The van der Waals surface area contributed by atoms with Gasteiger partial charge in [0.25, 0.3) is 0 Å². The molecule has 0 aromatic heterocycles. The van der Waals surface area contributed by atoms with Crippen molar-refractivity contribution in [3.05, 3.63) is 70.2 Å². The minimum atomic E-state index is -0.852. The molecule has 3 rings (SSSR count). The number of methoxy groups -OCH3 is 1. The summed E-state index contributed by atoms with van der Waals surface area (Å²) in [6.07, 6.45) is 0.941. The third-order valence-corrected chi connectivity index (χ3v) is 5.62. The van der Waals surface area contributed by atoms with Gasteiger partial charge < -0.3 is 14.8 Å². The topological polar surface area (TPSA) is 84.9 Å². The second-order valence-corrected chi connectivity index (χ2v) is 8.23. The molecule has 31 heavy (non-hydrogen) atoms. The Morgan fingerprint density at radius 3 is 2.58 bits per heavy atom. The zero-order chi connectivity index (χ0) is 22.2. The first-order valence-electron chi connectivity index (χ1n) is 10.1. The fraction of sp³-hybridized carbons (Fsp3) is 0.348. The first-order chi connectivity index (χ1) is 15.0. The number of nitrogens with zero attached hydrogens (tertiary/aromatic N) is 1. The second kappa shape index (κ2) is 10.9. The van der Waals surface area contributed by atoms with Crippen LogP contribution in [-0.4, -0.2) is 48.6 Å². The number of rotatable bonds is 7. The summed E-state index contributed by atoms with van der Waals surface area (Å²) in [4.78, 5) is 39.2. The maximum absolute atomic E-state index is 12.9. The van der Waals surface area contributed by atoms with E-state index in [1.807, 2.05) is 54.6 Å². The number of hydrogen-bond acceptors (Lipinski definition) is 5. The van der Waals surface area contributed by atoms with E-state index >= 15 is 0 Å². The lowest BCUT2D eigenvalue weighted by Crippen LogP contribution is -2.51. The molecule has 1 heterocycles. The van der Waals surface area contributed by atoms with E-state index in [2.05, 4.69) is 21.2 Å². The quantitative estimate of drug-likeness (QED) is 0.603. The fourth-order valence-electron chi connectivity index (χ4n) is 3.56. The average molecular weight is 489 g/mol. The number of nitrogens with one attached hydrogen (secondary N) is 1. The lowest BCUT2D eigenvalue weighted by Gasteiger charge is -2.25. The average Bonchev–Trinajstić information content (AvgIpc) is 3.27. The Labute approximate surface area is 189 Å². The molecule has 0 bridgehead atoms. The first-order valence-corrected chi connectivity index (χ1v) is 10.9. The van der Waals surface area contributed by atoms with Crippen LogP contribution in [0.1, 0.15) is 24.0 Å². The van der Waals surface area contributed by atoms with E-state index in [0.717, 1.165) is 15.6 Å². The molecule has 0 saturated carbocycles. The molecule has 0 unspecified atom stereocenters. The molecule has 2 aromatic rings. The highest BCUT2D eigenvalue weighted by atomic mass is 79.9. The van der Waals surface area contributed by atoms with Gasteiger partial charge in [0.15, 0.2) is 0 Å². The number of hydrogen-bond donors (Lipinski definition) is 1. The summed E-state index contributed by atoms with van der Waals surface area (Å²) < 4.78 is 11.1. The number of amides is 2.